The van der Waals surface area contributed by atoms with Crippen molar-refractivity contribution < 1.29 is 14.0 Å². The van der Waals surface area contributed by atoms with Gasteiger partial charge in [0.15, 0.2) is 0 Å². The molecule has 1 aliphatic heterocycles. The predicted octanol–water partition coefficient (Wildman–Crippen LogP) is 2.94. The highest BCUT2D eigenvalue weighted by Gasteiger charge is 2.29. The molecule has 0 unspecified atom stereocenters. The van der Waals surface area contributed by atoms with Crippen molar-refractivity contribution >= 4 is 29.5 Å². The van der Waals surface area contributed by atoms with Crippen LogP contribution in [0.2, 0.25) is 0 Å². The molecule has 0 aliphatic carbocycles. The van der Waals surface area contributed by atoms with Crippen LogP contribution in [0.25, 0.3) is 0 Å². The van der Waals surface area contributed by atoms with E-state index in [0.29, 0.717) is 6.61 Å². The summed E-state index contributed by atoms with van der Waals surface area (Å²) in [5.41, 5.74) is -0.607. The Hall–Kier alpha value is -0.0300. The largest absolute Gasteiger partial charge is 0.460 e. The van der Waals surface area contributed by atoms with E-state index in [0.717, 1.165) is 15.0 Å². The van der Waals surface area contributed by atoms with Crippen LogP contribution in [0.3, 0.4) is 0 Å². The average molecular weight is 312 g/mol. The molecular formula is C13H25Cl2N2O2+. The van der Waals surface area contributed by atoms with Crippen molar-refractivity contribution in [2.45, 2.75) is 45.1 Å². The van der Waals surface area contributed by atoms with E-state index in [2.05, 4.69) is 7.05 Å². The van der Waals surface area contributed by atoms with Crippen LogP contribution in [0.15, 0.2) is 0 Å². The van der Waals surface area contributed by atoms with Crippen molar-refractivity contribution in [1.29, 1.82) is 0 Å². The van der Waals surface area contributed by atoms with Gasteiger partial charge in [-0.1, -0.05) is 0 Å². The number of hydrogen-bond donors (Lipinski definition) is 0. The molecule has 0 aromatic heterocycles. The summed E-state index contributed by atoms with van der Waals surface area (Å²) in [7, 11) is 2.23. The fraction of sp³-hybridized carbons (Fsp3) is 0.923. The molecule has 112 valence electrons. The summed E-state index contributed by atoms with van der Waals surface area (Å²) in [5, 5.41) is 0. The molecule has 1 fully saturated rings. The number of likely N-dealkylation sites (tertiary alicyclic amines) is 1. The normalized spacial score (nSPS) is 19.5. The minimum atomic E-state index is -0.607. The van der Waals surface area contributed by atoms with Crippen molar-refractivity contribution in [2.75, 3.05) is 33.3 Å². The van der Waals surface area contributed by atoms with Gasteiger partial charge in [-0.15, -0.1) is 3.94 Å². The zero-order valence-electron chi connectivity index (χ0n) is 12.1. The number of piperidine rings is 1. The van der Waals surface area contributed by atoms with Crippen LogP contribution < -0.4 is 0 Å². The molecule has 0 aromatic rings. The number of nitrogens with zero attached hydrogens (tertiary/aromatic N) is 2. The molecule has 0 saturated carbocycles. The smallest absolute Gasteiger partial charge is 0.307 e. The van der Waals surface area contributed by atoms with Gasteiger partial charge >= 0.3 is 5.97 Å². The highest BCUT2D eigenvalue weighted by atomic mass is 35.5. The summed E-state index contributed by atoms with van der Waals surface area (Å²) in [4.78, 5) is 11.7. The summed E-state index contributed by atoms with van der Waals surface area (Å²) in [6.45, 7) is 7.31. The lowest BCUT2D eigenvalue weighted by molar-refractivity contribution is -0.914. The second kappa shape index (κ2) is 7.11. The highest BCUT2D eigenvalue weighted by Crippen LogP contribution is 2.24. The highest BCUT2D eigenvalue weighted by molar-refractivity contribution is 6.34. The number of ether oxygens (including phenoxy) is 1. The van der Waals surface area contributed by atoms with Gasteiger partial charge in [0.2, 0.25) is 0 Å². The molecule has 1 aliphatic rings. The molecule has 6 heteroatoms. The summed E-state index contributed by atoms with van der Waals surface area (Å²) in [6.07, 6.45) is 4.04. The van der Waals surface area contributed by atoms with Crippen molar-refractivity contribution in [3.05, 3.63) is 0 Å². The molecule has 1 heterocycles. The van der Waals surface area contributed by atoms with E-state index in [1.807, 2.05) is 0 Å². The summed E-state index contributed by atoms with van der Waals surface area (Å²) < 4.78 is 7.31. The van der Waals surface area contributed by atoms with E-state index in [1.165, 1.54) is 32.4 Å². The van der Waals surface area contributed by atoms with Gasteiger partial charge in [-0.2, -0.15) is 0 Å². The molecule has 0 spiro atoms. The van der Waals surface area contributed by atoms with Crippen LogP contribution in [-0.4, -0.2) is 53.2 Å². The van der Waals surface area contributed by atoms with Gasteiger partial charge < -0.3 is 9.22 Å². The quantitative estimate of drug-likeness (QED) is 0.429. The lowest BCUT2D eigenvalue weighted by atomic mass is 10.0. The van der Waals surface area contributed by atoms with Gasteiger partial charge in [0.1, 0.15) is 13.2 Å². The van der Waals surface area contributed by atoms with E-state index in [1.54, 1.807) is 13.8 Å². The van der Waals surface area contributed by atoms with Crippen LogP contribution in [-0.2, 0) is 9.53 Å². The van der Waals surface area contributed by atoms with Crippen molar-refractivity contribution in [2.24, 2.45) is 0 Å². The second-order valence-corrected chi connectivity index (χ2v) is 7.14. The second-order valence-electron chi connectivity index (χ2n) is 6.29. The SMILES string of the molecule is CC(C)(CC(=O)OCC[N+]1(C)CCCCC1)N(Cl)Cl. The van der Waals surface area contributed by atoms with Gasteiger partial charge in [-0.25, -0.2) is 0 Å². The van der Waals surface area contributed by atoms with E-state index in [9.17, 15) is 4.79 Å². The third-order valence-electron chi connectivity index (χ3n) is 3.82. The first-order chi connectivity index (χ1) is 8.75. The van der Waals surface area contributed by atoms with E-state index < -0.39 is 5.54 Å². The molecule has 0 bridgehead atoms. The van der Waals surface area contributed by atoms with Crippen LogP contribution in [0.4, 0.5) is 0 Å². The zero-order valence-corrected chi connectivity index (χ0v) is 13.6. The lowest BCUT2D eigenvalue weighted by Gasteiger charge is -2.37. The third kappa shape index (κ3) is 5.86. The topological polar surface area (TPSA) is 29.5 Å². The van der Waals surface area contributed by atoms with Crippen molar-refractivity contribution in [3.63, 3.8) is 0 Å². The molecule has 0 radical (unpaired) electrons. The van der Waals surface area contributed by atoms with Crippen LogP contribution in [0, 0.1) is 0 Å². The fourth-order valence-electron chi connectivity index (χ4n) is 2.34. The number of rotatable bonds is 6. The van der Waals surface area contributed by atoms with E-state index in [4.69, 9.17) is 28.3 Å². The fourth-order valence-corrected chi connectivity index (χ4v) is 2.46. The Morgan fingerprint density at radius 1 is 1.26 bits per heavy atom. The minimum Gasteiger partial charge on any atom is -0.460 e. The number of halogens is 2. The third-order valence-corrected chi connectivity index (χ3v) is 4.74. The van der Waals surface area contributed by atoms with Crippen LogP contribution in [0.5, 0.6) is 0 Å². The molecule has 4 nitrogen and oxygen atoms in total. The Labute approximate surface area is 126 Å². The van der Waals surface area contributed by atoms with Crippen LogP contribution in [0.1, 0.15) is 39.5 Å². The van der Waals surface area contributed by atoms with Gasteiger partial charge in [0, 0.05) is 0 Å². The Kier molecular flexibility index (Phi) is 6.37. The predicted molar refractivity (Wildman–Crippen MR) is 77.8 cm³/mol. The first-order valence-corrected chi connectivity index (χ1v) is 7.54. The van der Waals surface area contributed by atoms with Gasteiger partial charge in [-0.3, -0.25) is 4.79 Å². The average Bonchev–Trinajstić information content (AvgIpc) is 2.28. The molecule has 0 atom stereocenters. The van der Waals surface area contributed by atoms with E-state index in [-0.39, 0.29) is 12.4 Å². The molecule has 1 saturated heterocycles. The first-order valence-electron chi connectivity index (χ1n) is 6.86. The number of hydrogen-bond acceptors (Lipinski definition) is 3. The first kappa shape index (κ1) is 17.0. The lowest BCUT2D eigenvalue weighted by Crippen LogP contribution is -2.50. The number of likely N-dealkylation sites (N-methyl/N-ethyl adjacent to an activating group) is 1. The molecule has 0 aromatic carbocycles. The molecule has 0 amide bonds. The summed E-state index contributed by atoms with van der Waals surface area (Å²) in [6, 6.07) is 0. The Balaban J connectivity index is 2.27. The van der Waals surface area contributed by atoms with Crippen LogP contribution >= 0.6 is 23.6 Å². The molecule has 1 rings (SSSR count). The number of esters is 1. The number of quaternary nitrogens is 1. The maximum absolute atomic E-state index is 11.7. The molecule has 19 heavy (non-hydrogen) atoms. The minimum absolute atomic E-state index is 0.184. The van der Waals surface area contributed by atoms with Gasteiger partial charge in [0.05, 0.1) is 32.1 Å². The Morgan fingerprint density at radius 2 is 1.84 bits per heavy atom. The molecular weight excluding hydrogens is 287 g/mol. The monoisotopic (exact) mass is 311 g/mol. The van der Waals surface area contributed by atoms with Gasteiger partial charge in [0.25, 0.3) is 0 Å². The van der Waals surface area contributed by atoms with E-state index >= 15 is 0 Å². The van der Waals surface area contributed by atoms with Gasteiger partial charge in [-0.05, 0) is 56.7 Å². The summed E-state index contributed by atoms with van der Waals surface area (Å²) >= 11 is 11.4. The Morgan fingerprint density at radius 3 is 2.37 bits per heavy atom. The maximum Gasteiger partial charge on any atom is 0.307 e. The summed E-state index contributed by atoms with van der Waals surface area (Å²) in [5.74, 6) is -0.250. The Bertz CT molecular complexity index is 303. The number of carbonyl (C=O) groups excluding carboxylic acids is 1. The standard InChI is InChI=1S/C13H25Cl2N2O2/c1-13(2,16(14)15)11-12(18)19-10-9-17(3)7-5-4-6-8-17/h4-11H2,1-3H3/q+1. The number of carbonyl (C=O) groups is 1. The van der Waals surface area contributed by atoms with Crippen molar-refractivity contribution in [3.8, 4) is 0 Å². The van der Waals surface area contributed by atoms with Crippen molar-refractivity contribution in [1.82, 2.24) is 3.94 Å². The maximum atomic E-state index is 11.7. The molecule has 0 N–H and O–H groups in total. The zero-order chi connectivity index (χ0) is 14.5.